The molecule has 0 radical (unpaired) electrons. The maximum Gasteiger partial charge on any atom is 0.140 e. The molecular formula is C25H39NO2SSi. The highest BCUT2D eigenvalue weighted by Crippen LogP contribution is 2.27. The van der Waals surface area contributed by atoms with Gasteiger partial charge in [-0.3, -0.25) is 0 Å². The fraction of sp³-hybridized carbons (Fsp3) is 0.520. The van der Waals surface area contributed by atoms with E-state index in [1.807, 2.05) is 20.8 Å². The van der Waals surface area contributed by atoms with E-state index >= 15 is 0 Å². The Bertz CT molecular complexity index is 709. The van der Waals surface area contributed by atoms with Crippen LogP contribution in [0.2, 0.25) is 6.04 Å². The first-order valence-corrected chi connectivity index (χ1v) is 14.4. The van der Waals surface area contributed by atoms with Gasteiger partial charge in [0.05, 0.1) is 5.67 Å². The molecule has 1 unspecified atom stereocenters. The first-order valence-electron chi connectivity index (χ1n) is 11.0. The van der Waals surface area contributed by atoms with Gasteiger partial charge in [0.25, 0.3) is 0 Å². The molecule has 30 heavy (non-hydrogen) atoms. The van der Waals surface area contributed by atoms with Crippen LogP contribution in [0.3, 0.4) is 0 Å². The third-order valence-electron chi connectivity index (χ3n) is 5.67. The minimum Gasteiger partial charge on any atom is -0.598 e. The summed E-state index contributed by atoms with van der Waals surface area (Å²) in [7, 11) is -2.43. The number of rotatable bonds is 10. The second-order valence-electron chi connectivity index (χ2n) is 9.88. The van der Waals surface area contributed by atoms with Crippen LogP contribution in [0.5, 0.6) is 0 Å². The van der Waals surface area contributed by atoms with Gasteiger partial charge in [-0.1, -0.05) is 91.8 Å². The zero-order valence-corrected chi connectivity index (χ0v) is 21.2. The molecule has 2 rings (SSSR count). The maximum absolute atomic E-state index is 13.3. The summed E-state index contributed by atoms with van der Waals surface area (Å²) in [6.07, 6.45) is 0.940. The van der Waals surface area contributed by atoms with Crippen LogP contribution in [0.4, 0.5) is 0 Å². The highest BCUT2D eigenvalue weighted by Gasteiger charge is 2.48. The lowest BCUT2D eigenvalue weighted by Crippen LogP contribution is -2.72. The average molecular weight is 446 g/mol. The highest BCUT2D eigenvalue weighted by atomic mass is 32.2. The molecule has 0 amide bonds. The second-order valence-corrected chi connectivity index (χ2v) is 16.1. The van der Waals surface area contributed by atoms with Gasteiger partial charge in [-0.05, 0) is 45.1 Å². The Morgan fingerprint density at radius 3 is 1.77 bits per heavy atom. The van der Waals surface area contributed by atoms with Crippen LogP contribution in [0.25, 0.3) is 0 Å². The molecule has 2 N–H and O–H groups in total. The predicted octanol–water partition coefficient (Wildman–Crippen LogP) is 3.88. The molecule has 0 aromatic heterocycles. The molecule has 0 spiro atoms. The van der Waals surface area contributed by atoms with E-state index in [1.165, 1.54) is 10.4 Å². The molecule has 2 aromatic carbocycles. The van der Waals surface area contributed by atoms with Gasteiger partial charge in [-0.2, -0.15) is 0 Å². The molecule has 0 bridgehead atoms. The SMILES string of the molecule is CC(C)C[C@H](N[S+]([O-])C(C)(C)C)[Si](C[C@@H](C)CO)(c1ccccc1)c1ccccc1. The summed E-state index contributed by atoms with van der Waals surface area (Å²) in [6.45, 7) is 12.8. The number of aliphatic hydroxyl groups is 1. The molecule has 3 nitrogen and oxygen atoms in total. The van der Waals surface area contributed by atoms with E-state index < -0.39 is 19.4 Å². The number of nitrogens with one attached hydrogen (secondary N) is 1. The van der Waals surface area contributed by atoms with Crippen LogP contribution in [-0.4, -0.2) is 34.8 Å². The lowest BCUT2D eigenvalue weighted by atomic mass is 10.1. The monoisotopic (exact) mass is 445 g/mol. The predicted molar refractivity (Wildman–Crippen MR) is 133 cm³/mol. The Balaban J connectivity index is 2.74. The maximum atomic E-state index is 13.3. The van der Waals surface area contributed by atoms with Gasteiger partial charge < -0.3 is 9.66 Å². The Morgan fingerprint density at radius 2 is 1.40 bits per heavy atom. The van der Waals surface area contributed by atoms with Crippen molar-refractivity contribution < 1.29 is 9.66 Å². The summed E-state index contributed by atoms with van der Waals surface area (Å²) in [5, 5.41) is 12.7. The molecule has 0 aliphatic heterocycles. The van der Waals surface area contributed by atoms with Crippen molar-refractivity contribution in [1.29, 1.82) is 0 Å². The molecule has 0 aliphatic carbocycles. The van der Waals surface area contributed by atoms with Crippen LogP contribution in [-0.2, 0) is 11.4 Å². The van der Waals surface area contributed by atoms with E-state index in [4.69, 9.17) is 0 Å². The summed E-state index contributed by atoms with van der Waals surface area (Å²) >= 11 is -1.17. The Kier molecular flexibility index (Phi) is 9.19. The van der Waals surface area contributed by atoms with Gasteiger partial charge in [0.15, 0.2) is 0 Å². The standard InChI is InChI=1S/C25H39NO2SSi/c1-20(2)17-24(26-29(28)25(4,5)6)30(19-21(3)18-27,22-13-9-7-10-14-22)23-15-11-8-12-16-23/h7-16,20-21,24,26-27H,17-19H2,1-6H3/t21-,24+,29?/m0/s1. The van der Waals surface area contributed by atoms with Crippen LogP contribution in [0.1, 0.15) is 48.0 Å². The van der Waals surface area contributed by atoms with Crippen molar-refractivity contribution in [2.75, 3.05) is 6.61 Å². The van der Waals surface area contributed by atoms with Crippen molar-refractivity contribution in [2.45, 2.75) is 64.4 Å². The van der Waals surface area contributed by atoms with Crippen LogP contribution in [0.15, 0.2) is 60.7 Å². The molecule has 5 heteroatoms. The fourth-order valence-electron chi connectivity index (χ4n) is 4.16. The highest BCUT2D eigenvalue weighted by molar-refractivity contribution is 7.90. The number of benzene rings is 2. The molecule has 3 atom stereocenters. The van der Waals surface area contributed by atoms with E-state index in [0.29, 0.717) is 5.92 Å². The van der Waals surface area contributed by atoms with E-state index in [2.05, 4.69) is 86.2 Å². The molecule has 0 saturated heterocycles. The van der Waals surface area contributed by atoms with E-state index in [9.17, 15) is 9.66 Å². The topological polar surface area (TPSA) is 55.3 Å². The minimum atomic E-state index is -2.43. The van der Waals surface area contributed by atoms with E-state index in [0.717, 1.165) is 12.5 Å². The zero-order valence-electron chi connectivity index (χ0n) is 19.4. The molecule has 166 valence electrons. The van der Waals surface area contributed by atoms with Crippen molar-refractivity contribution in [3.63, 3.8) is 0 Å². The summed E-state index contributed by atoms with van der Waals surface area (Å²) in [4.78, 5) is 0. The van der Waals surface area contributed by atoms with Crippen molar-refractivity contribution in [1.82, 2.24) is 4.72 Å². The van der Waals surface area contributed by atoms with Gasteiger partial charge >= 0.3 is 0 Å². The first kappa shape index (κ1) is 25.2. The molecule has 0 saturated carbocycles. The van der Waals surface area contributed by atoms with Crippen molar-refractivity contribution in [3.8, 4) is 0 Å². The van der Waals surface area contributed by atoms with Gasteiger partial charge in [0.2, 0.25) is 0 Å². The normalized spacial score (nSPS) is 15.8. The lowest BCUT2D eigenvalue weighted by Gasteiger charge is -2.43. The average Bonchev–Trinajstić information content (AvgIpc) is 2.71. The quantitative estimate of drug-likeness (QED) is 0.431. The summed E-state index contributed by atoms with van der Waals surface area (Å²) in [5.41, 5.74) is 0.0939. The van der Waals surface area contributed by atoms with Gasteiger partial charge in [-0.15, -0.1) is 4.72 Å². The fourth-order valence-corrected chi connectivity index (χ4v) is 11.6. The largest absolute Gasteiger partial charge is 0.598 e. The van der Waals surface area contributed by atoms with Crippen molar-refractivity contribution in [3.05, 3.63) is 60.7 Å². The van der Waals surface area contributed by atoms with Crippen molar-refractivity contribution in [2.24, 2.45) is 11.8 Å². The molecule has 0 fully saturated rings. The number of hydrogen-bond acceptors (Lipinski definition) is 3. The number of hydrogen-bond donors (Lipinski definition) is 2. The van der Waals surface area contributed by atoms with Crippen LogP contribution in [0, 0.1) is 11.8 Å². The molecular weight excluding hydrogens is 406 g/mol. The second kappa shape index (κ2) is 11.0. The first-order chi connectivity index (χ1) is 14.1. The van der Waals surface area contributed by atoms with E-state index in [-0.39, 0.29) is 22.9 Å². The molecule has 0 aliphatic rings. The Morgan fingerprint density at radius 1 is 0.933 bits per heavy atom. The Labute approximate surface area is 187 Å². The molecule has 0 heterocycles. The summed E-state index contributed by atoms with van der Waals surface area (Å²) in [6, 6.07) is 22.4. The minimum absolute atomic E-state index is 0.0939. The number of aliphatic hydroxyl groups excluding tert-OH is 1. The van der Waals surface area contributed by atoms with Gasteiger partial charge in [0, 0.05) is 18.0 Å². The third-order valence-corrected chi connectivity index (χ3v) is 13.1. The molecule has 2 aromatic rings. The summed E-state index contributed by atoms with van der Waals surface area (Å²) < 4.78 is 16.6. The summed E-state index contributed by atoms with van der Waals surface area (Å²) in [5.74, 6) is 0.625. The lowest BCUT2D eigenvalue weighted by molar-refractivity contribution is 0.247. The van der Waals surface area contributed by atoms with Crippen LogP contribution < -0.4 is 15.1 Å². The van der Waals surface area contributed by atoms with E-state index in [1.54, 1.807) is 0 Å². The smallest absolute Gasteiger partial charge is 0.140 e. The van der Waals surface area contributed by atoms with Gasteiger partial charge in [0.1, 0.15) is 12.8 Å². The van der Waals surface area contributed by atoms with Gasteiger partial charge in [-0.25, -0.2) is 0 Å². The van der Waals surface area contributed by atoms with Crippen LogP contribution >= 0.6 is 0 Å². The zero-order chi connectivity index (χ0) is 22.4. The van der Waals surface area contributed by atoms with Crippen molar-refractivity contribution >= 4 is 29.8 Å². The third kappa shape index (κ3) is 6.20. The Hall–Kier alpha value is -1.11.